The molecule has 0 spiro atoms. The number of fused-ring (bicyclic) bond motifs is 1. The summed E-state index contributed by atoms with van der Waals surface area (Å²) in [5, 5.41) is 3.01. The predicted molar refractivity (Wildman–Crippen MR) is 82.1 cm³/mol. The molecule has 5 heteroatoms. The molecule has 1 fully saturated rings. The first-order valence-corrected chi connectivity index (χ1v) is 7.83. The number of amides is 1. The highest BCUT2D eigenvalue weighted by atomic mass is 16.5. The highest BCUT2D eigenvalue weighted by molar-refractivity contribution is 5.85. The quantitative estimate of drug-likeness (QED) is 0.922. The molecule has 1 aromatic rings. The molecule has 1 amide bonds. The Morgan fingerprint density at radius 1 is 1.36 bits per heavy atom. The lowest BCUT2D eigenvalue weighted by Gasteiger charge is -2.34. The van der Waals surface area contributed by atoms with Crippen LogP contribution in [-0.4, -0.2) is 44.5 Å². The second kappa shape index (κ2) is 6.26. The van der Waals surface area contributed by atoms with E-state index in [9.17, 15) is 4.79 Å². The van der Waals surface area contributed by atoms with Gasteiger partial charge in [-0.25, -0.2) is 0 Å². The Kier molecular flexibility index (Phi) is 4.36. The zero-order chi connectivity index (χ0) is 15.6. The molecule has 0 aliphatic carbocycles. The molecule has 0 unspecified atom stereocenters. The molecule has 0 radical (unpaired) electrons. The summed E-state index contributed by atoms with van der Waals surface area (Å²) in [6.45, 7) is 3.73. The van der Waals surface area contributed by atoms with Gasteiger partial charge in [0.2, 0.25) is 0 Å². The summed E-state index contributed by atoms with van der Waals surface area (Å²) in [6, 6.07) is 8.04. The van der Waals surface area contributed by atoms with E-state index in [1.54, 1.807) is 7.11 Å². The van der Waals surface area contributed by atoms with Gasteiger partial charge in [0.05, 0.1) is 6.54 Å². The fraction of sp³-hybridized carbons (Fsp3) is 0.588. The van der Waals surface area contributed by atoms with Crippen molar-refractivity contribution in [2.45, 2.75) is 37.4 Å². The average molecular weight is 305 g/mol. The van der Waals surface area contributed by atoms with Crippen LogP contribution in [0.4, 0.5) is 0 Å². The van der Waals surface area contributed by atoms with Crippen LogP contribution in [0.25, 0.3) is 0 Å². The maximum atomic E-state index is 12.5. The van der Waals surface area contributed by atoms with Gasteiger partial charge in [0, 0.05) is 44.6 Å². The van der Waals surface area contributed by atoms with Crippen molar-refractivity contribution in [3.05, 3.63) is 29.8 Å². The minimum absolute atomic E-state index is 0.0323. The second-order valence-corrected chi connectivity index (χ2v) is 6.00. The fourth-order valence-electron chi connectivity index (χ4n) is 3.23. The van der Waals surface area contributed by atoms with Crippen LogP contribution in [0.1, 0.15) is 31.2 Å². The lowest BCUT2D eigenvalue weighted by molar-refractivity contribution is -0.155. The van der Waals surface area contributed by atoms with E-state index in [1.165, 1.54) is 5.56 Å². The number of rotatable bonds is 4. The number of carbonyl (C=O) groups excluding carboxylic acids is 1. The van der Waals surface area contributed by atoms with Crippen molar-refractivity contribution in [2.24, 2.45) is 0 Å². The zero-order valence-corrected chi connectivity index (χ0v) is 13.1. The Balaban J connectivity index is 1.60. The van der Waals surface area contributed by atoms with Crippen LogP contribution in [-0.2, 0) is 14.3 Å². The molecule has 0 saturated carbocycles. The Morgan fingerprint density at radius 3 is 2.77 bits per heavy atom. The minimum atomic E-state index is -0.757. The number of methoxy groups -OCH3 is 1. The van der Waals surface area contributed by atoms with Crippen molar-refractivity contribution in [1.82, 2.24) is 5.32 Å². The van der Waals surface area contributed by atoms with Crippen LogP contribution in [0.2, 0.25) is 0 Å². The van der Waals surface area contributed by atoms with Gasteiger partial charge in [0.15, 0.2) is 5.60 Å². The van der Waals surface area contributed by atoms with Crippen molar-refractivity contribution >= 4 is 5.91 Å². The summed E-state index contributed by atoms with van der Waals surface area (Å²) in [7, 11) is 1.59. The third-order valence-corrected chi connectivity index (χ3v) is 4.81. The molecule has 0 bridgehead atoms. The van der Waals surface area contributed by atoms with Gasteiger partial charge in [-0.05, 0) is 6.07 Å². The molecule has 120 valence electrons. The van der Waals surface area contributed by atoms with Crippen molar-refractivity contribution in [3.63, 3.8) is 0 Å². The third kappa shape index (κ3) is 2.71. The molecule has 5 nitrogen and oxygen atoms in total. The molecular formula is C17H23NO4. The molecular weight excluding hydrogens is 282 g/mol. The summed E-state index contributed by atoms with van der Waals surface area (Å²) in [4.78, 5) is 12.5. The number of carbonyl (C=O) groups is 1. The number of benzene rings is 1. The average Bonchev–Trinajstić information content (AvgIpc) is 2.90. The van der Waals surface area contributed by atoms with Crippen LogP contribution >= 0.6 is 0 Å². The molecule has 2 aliphatic heterocycles. The summed E-state index contributed by atoms with van der Waals surface area (Å²) in [5.74, 6) is 1.12. The number of hydrogen-bond acceptors (Lipinski definition) is 4. The molecule has 2 atom stereocenters. The van der Waals surface area contributed by atoms with E-state index < -0.39 is 5.60 Å². The first-order valence-electron chi connectivity index (χ1n) is 7.83. The van der Waals surface area contributed by atoms with E-state index in [1.807, 2.05) is 18.2 Å². The Hall–Kier alpha value is -1.59. The van der Waals surface area contributed by atoms with Gasteiger partial charge >= 0.3 is 0 Å². The van der Waals surface area contributed by atoms with Gasteiger partial charge in [-0.3, -0.25) is 4.79 Å². The van der Waals surface area contributed by atoms with E-state index in [-0.39, 0.29) is 17.9 Å². The summed E-state index contributed by atoms with van der Waals surface area (Å²) >= 11 is 0. The van der Waals surface area contributed by atoms with Crippen molar-refractivity contribution in [3.8, 4) is 5.75 Å². The highest BCUT2D eigenvalue weighted by Gasteiger charge is 2.41. The Morgan fingerprint density at radius 2 is 2.09 bits per heavy atom. The standard InChI is InChI=1S/C17H23NO4/c1-12-13-5-3-4-6-14(13)22-15(12)11-18-16(19)17(20-2)7-9-21-10-8-17/h3-6,12,15H,7-11H2,1-2H3,(H,18,19)/t12-,15-/m1/s1. The number of nitrogens with one attached hydrogen (secondary N) is 1. The van der Waals surface area contributed by atoms with Crippen LogP contribution < -0.4 is 10.1 Å². The van der Waals surface area contributed by atoms with Crippen LogP contribution in [0.3, 0.4) is 0 Å². The first-order chi connectivity index (χ1) is 10.7. The SMILES string of the molecule is COC1(C(=O)NC[C@H]2Oc3ccccc3[C@H]2C)CCOCC1. The lowest BCUT2D eigenvalue weighted by atomic mass is 9.92. The van der Waals surface area contributed by atoms with E-state index in [2.05, 4.69) is 18.3 Å². The molecule has 2 aliphatic rings. The fourth-order valence-corrected chi connectivity index (χ4v) is 3.23. The number of para-hydroxylation sites is 1. The molecule has 2 heterocycles. The topological polar surface area (TPSA) is 56.8 Å². The maximum absolute atomic E-state index is 12.5. The van der Waals surface area contributed by atoms with Crippen LogP contribution in [0.15, 0.2) is 24.3 Å². The molecule has 1 N–H and O–H groups in total. The van der Waals surface area contributed by atoms with Crippen LogP contribution in [0, 0.1) is 0 Å². The number of ether oxygens (including phenoxy) is 3. The normalized spacial score (nSPS) is 26.1. The van der Waals surface area contributed by atoms with Gasteiger partial charge in [0.1, 0.15) is 11.9 Å². The first kappa shape index (κ1) is 15.3. The zero-order valence-electron chi connectivity index (χ0n) is 13.1. The molecule has 22 heavy (non-hydrogen) atoms. The highest BCUT2D eigenvalue weighted by Crippen LogP contribution is 2.37. The predicted octanol–water partition coefficient (Wildman–Crippen LogP) is 1.86. The molecule has 0 aromatic heterocycles. The van der Waals surface area contributed by atoms with Crippen molar-refractivity contribution < 1.29 is 19.0 Å². The summed E-state index contributed by atoms with van der Waals surface area (Å²) in [5.41, 5.74) is 0.446. The van der Waals surface area contributed by atoms with E-state index in [0.29, 0.717) is 32.6 Å². The smallest absolute Gasteiger partial charge is 0.252 e. The Bertz CT molecular complexity index is 539. The second-order valence-electron chi connectivity index (χ2n) is 6.00. The summed E-state index contributed by atoms with van der Waals surface area (Å²) < 4.78 is 16.8. The van der Waals surface area contributed by atoms with Gasteiger partial charge in [-0.15, -0.1) is 0 Å². The van der Waals surface area contributed by atoms with Crippen LogP contribution in [0.5, 0.6) is 5.75 Å². The van der Waals surface area contributed by atoms with E-state index in [0.717, 1.165) is 5.75 Å². The van der Waals surface area contributed by atoms with Crippen molar-refractivity contribution in [2.75, 3.05) is 26.9 Å². The molecule has 1 aromatic carbocycles. The Labute approximate surface area is 130 Å². The largest absolute Gasteiger partial charge is 0.488 e. The molecule has 1 saturated heterocycles. The lowest BCUT2D eigenvalue weighted by Crippen LogP contribution is -2.53. The van der Waals surface area contributed by atoms with E-state index >= 15 is 0 Å². The van der Waals surface area contributed by atoms with Gasteiger partial charge < -0.3 is 19.5 Å². The third-order valence-electron chi connectivity index (χ3n) is 4.81. The summed E-state index contributed by atoms with van der Waals surface area (Å²) in [6.07, 6.45) is 1.16. The van der Waals surface area contributed by atoms with Gasteiger partial charge in [-0.2, -0.15) is 0 Å². The number of hydrogen-bond donors (Lipinski definition) is 1. The minimum Gasteiger partial charge on any atom is -0.488 e. The van der Waals surface area contributed by atoms with E-state index in [4.69, 9.17) is 14.2 Å². The van der Waals surface area contributed by atoms with Gasteiger partial charge in [0.25, 0.3) is 5.91 Å². The monoisotopic (exact) mass is 305 g/mol. The maximum Gasteiger partial charge on any atom is 0.252 e. The van der Waals surface area contributed by atoms with Crippen molar-refractivity contribution in [1.29, 1.82) is 0 Å². The van der Waals surface area contributed by atoms with Gasteiger partial charge in [-0.1, -0.05) is 25.1 Å². The molecule has 3 rings (SSSR count).